The van der Waals surface area contributed by atoms with Gasteiger partial charge in [0.25, 0.3) is 0 Å². The van der Waals surface area contributed by atoms with Crippen LogP contribution in [-0.2, 0) is 17.8 Å². The average molecular weight is 373 g/mol. The first-order chi connectivity index (χ1) is 13.7. The lowest BCUT2D eigenvalue weighted by Gasteiger charge is -2.11. The number of carbonyl (C=O) groups is 1. The molecule has 3 aromatic rings. The SMILES string of the molecule is C#CCOc1ccc(CCC(=O)NCc2cccc3ccccc23)cc1OC. The Kier molecular flexibility index (Phi) is 6.54. The van der Waals surface area contributed by atoms with E-state index in [9.17, 15) is 4.79 Å². The van der Waals surface area contributed by atoms with E-state index in [1.807, 2.05) is 42.5 Å². The first kappa shape index (κ1) is 19.3. The zero-order valence-electron chi connectivity index (χ0n) is 15.9. The molecule has 0 aromatic heterocycles. The molecular formula is C24H23NO3. The van der Waals surface area contributed by atoms with Gasteiger partial charge in [0.2, 0.25) is 5.91 Å². The van der Waals surface area contributed by atoms with Crippen LogP contribution in [0.15, 0.2) is 60.7 Å². The van der Waals surface area contributed by atoms with Gasteiger partial charge in [-0.15, -0.1) is 6.42 Å². The van der Waals surface area contributed by atoms with Crippen molar-refractivity contribution in [2.45, 2.75) is 19.4 Å². The number of rotatable bonds is 8. The van der Waals surface area contributed by atoms with Gasteiger partial charge in [0.15, 0.2) is 11.5 Å². The van der Waals surface area contributed by atoms with E-state index in [4.69, 9.17) is 15.9 Å². The van der Waals surface area contributed by atoms with Crippen LogP contribution in [0.5, 0.6) is 11.5 Å². The van der Waals surface area contributed by atoms with Crippen molar-refractivity contribution in [1.29, 1.82) is 0 Å². The van der Waals surface area contributed by atoms with Crippen LogP contribution in [0.4, 0.5) is 0 Å². The molecule has 0 unspecified atom stereocenters. The highest BCUT2D eigenvalue weighted by molar-refractivity contribution is 5.86. The molecule has 1 N–H and O–H groups in total. The molecule has 0 fully saturated rings. The number of hydrogen-bond acceptors (Lipinski definition) is 3. The third-order valence-electron chi connectivity index (χ3n) is 4.54. The predicted octanol–water partition coefficient (Wildman–Crippen LogP) is 4.11. The molecule has 0 aliphatic rings. The van der Waals surface area contributed by atoms with Crippen molar-refractivity contribution in [3.05, 3.63) is 71.8 Å². The van der Waals surface area contributed by atoms with Crippen molar-refractivity contribution >= 4 is 16.7 Å². The van der Waals surface area contributed by atoms with E-state index in [1.54, 1.807) is 7.11 Å². The Hall–Kier alpha value is -3.45. The zero-order chi connectivity index (χ0) is 19.8. The second kappa shape index (κ2) is 9.48. The zero-order valence-corrected chi connectivity index (χ0v) is 15.9. The summed E-state index contributed by atoms with van der Waals surface area (Å²) in [5.74, 6) is 3.66. The fourth-order valence-corrected chi connectivity index (χ4v) is 3.09. The van der Waals surface area contributed by atoms with E-state index < -0.39 is 0 Å². The van der Waals surface area contributed by atoms with Gasteiger partial charge in [-0.05, 0) is 40.5 Å². The molecule has 3 aromatic carbocycles. The van der Waals surface area contributed by atoms with Crippen LogP contribution in [0.1, 0.15) is 17.5 Å². The minimum absolute atomic E-state index is 0.0135. The molecule has 0 radical (unpaired) electrons. The Bertz CT molecular complexity index is 999. The molecule has 0 aliphatic carbocycles. The summed E-state index contributed by atoms with van der Waals surface area (Å²) in [7, 11) is 1.58. The van der Waals surface area contributed by atoms with Crippen LogP contribution in [0.25, 0.3) is 10.8 Å². The van der Waals surface area contributed by atoms with Gasteiger partial charge in [-0.25, -0.2) is 0 Å². The van der Waals surface area contributed by atoms with Crippen molar-refractivity contribution in [2.24, 2.45) is 0 Å². The Morgan fingerprint density at radius 1 is 1.07 bits per heavy atom. The molecule has 28 heavy (non-hydrogen) atoms. The van der Waals surface area contributed by atoms with Gasteiger partial charge in [-0.2, -0.15) is 0 Å². The van der Waals surface area contributed by atoms with Crippen molar-refractivity contribution < 1.29 is 14.3 Å². The highest BCUT2D eigenvalue weighted by Gasteiger charge is 2.08. The van der Waals surface area contributed by atoms with Gasteiger partial charge in [0, 0.05) is 13.0 Å². The molecule has 1 amide bonds. The number of hydrogen-bond donors (Lipinski definition) is 1. The number of amides is 1. The van der Waals surface area contributed by atoms with E-state index in [2.05, 4.69) is 29.4 Å². The van der Waals surface area contributed by atoms with Crippen molar-refractivity contribution in [3.8, 4) is 23.8 Å². The van der Waals surface area contributed by atoms with E-state index in [0.29, 0.717) is 30.9 Å². The average Bonchev–Trinajstić information content (AvgIpc) is 2.74. The van der Waals surface area contributed by atoms with Gasteiger partial charge in [0.1, 0.15) is 6.61 Å². The van der Waals surface area contributed by atoms with E-state index >= 15 is 0 Å². The molecule has 4 nitrogen and oxygen atoms in total. The lowest BCUT2D eigenvalue weighted by atomic mass is 10.0. The fourth-order valence-electron chi connectivity index (χ4n) is 3.09. The number of benzene rings is 3. The molecule has 0 heterocycles. The standard InChI is InChI=1S/C24H23NO3/c1-3-15-28-22-13-11-18(16-23(22)27-2)12-14-24(26)25-17-20-9-6-8-19-7-4-5-10-21(19)20/h1,4-11,13,16H,12,14-15,17H2,2H3,(H,25,26). The third-order valence-corrected chi connectivity index (χ3v) is 4.54. The molecule has 0 atom stereocenters. The predicted molar refractivity (Wildman–Crippen MR) is 111 cm³/mol. The van der Waals surface area contributed by atoms with E-state index in [-0.39, 0.29) is 12.5 Å². The largest absolute Gasteiger partial charge is 0.493 e. The number of methoxy groups -OCH3 is 1. The molecule has 0 bridgehead atoms. The molecule has 142 valence electrons. The Balaban J connectivity index is 1.56. The minimum atomic E-state index is 0.0135. The quantitative estimate of drug-likeness (QED) is 0.605. The number of terminal acetylenes is 1. The Morgan fingerprint density at radius 3 is 2.71 bits per heavy atom. The third kappa shape index (κ3) is 4.83. The summed E-state index contributed by atoms with van der Waals surface area (Å²) >= 11 is 0. The molecule has 0 spiro atoms. The summed E-state index contributed by atoms with van der Waals surface area (Å²) in [4.78, 5) is 12.3. The van der Waals surface area contributed by atoms with Gasteiger partial charge in [-0.3, -0.25) is 4.79 Å². The van der Waals surface area contributed by atoms with Crippen LogP contribution >= 0.6 is 0 Å². The van der Waals surface area contributed by atoms with Gasteiger partial charge in [0.05, 0.1) is 7.11 Å². The summed E-state index contributed by atoms with van der Waals surface area (Å²) in [6.45, 7) is 0.703. The Labute approximate surface area is 165 Å². The number of fused-ring (bicyclic) bond motifs is 1. The summed E-state index contributed by atoms with van der Waals surface area (Å²) in [5.41, 5.74) is 2.12. The maximum Gasteiger partial charge on any atom is 0.220 e. The van der Waals surface area contributed by atoms with Gasteiger partial charge in [-0.1, -0.05) is 54.5 Å². The summed E-state index contributed by atoms with van der Waals surface area (Å²) < 4.78 is 10.8. The second-order valence-electron chi connectivity index (χ2n) is 6.39. The number of ether oxygens (including phenoxy) is 2. The monoisotopic (exact) mass is 373 g/mol. The van der Waals surface area contributed by atoms with Gasteiger partial charge >= 0.3 is 0 Å². The van der Waals surface area contributed by atoms with Crippen molar-refractivity contribution in [1.82, 2.24) is 5.32 Å². The summed E-state index contributed by atoms with van der Waals surface area (Å²) in [6, 6.07) is 19.9. The van der Waals surface area contributed by atoms with E-state index in [1.165, 1.54) is 5.39 Å². The normalized spacial score (nSPS) is 10.3. The fraction of sp³-hybridized carbons (Fsp3) is 0.208. The van der Waals surface area contributed by atoms with Crippen molar-refractivity contribution in [2.75, 3.05) is 13.7 Å². The minimum Gasteiger partial charge on any atom is -0.493 e. The molecular weight excluding hydrogens is 350 g/mol. The van der Waals surface area contributed by atoms with Crippen LogP contribution in [0, 0.1) is 12.3 Å². The highest BCUT2D eigenvalue weighted by atomic mass is 16.5. The topological polar surface area (TPSA) is 47.6 Å². The molecule has 0 aliphatic heterocycles. The van der Waals surface area contributed by atoms with Crippen molar-refractivity contribution in [3.63, 3.8) is 0 Å². The number of carbonyl (C=O) groups excluding carboxylic acids is 1. The molecule has 3 rings (SSSR count). The second-order valence-corrected chi connectivity index (χ2v) is 6.39. The first-order valence-electron chi connectivity index (χ1n) is 9.18. The van der Waals surface area contributed by atoms with Crippen LogP contribution in [-0.4, -0.2) is 19.6 Å². The van der Waals surface area contributed by atoms with Gasteiger partial charge < -0.3 is 14.8 Å². The van der Waals surface area contributed by atoms with E-state index in [0.717, 1.165) is 16.5 Å². The number of aryl methyl sites for hydroxylation is 1. The van der Waals surface area contributed by atoms with Crippen LogP contribution in [0.3, 0.4) is 0 Å². The lowest BCUT2D eigenvalue weighted by molar-refractivity contribution is -0.121. The first-order valence-corrected chi connectivity index (χ1v) is 9.18. The summed E-state index contributed by atoms with van der Waals surface area (Å²) in [6.07, 6.45) is 6.24. The van der Waals surface area contributed by atoms with Crippen LogP contribution < -0.4 is 14.8 Å². The molecule has 4 heteroatoms. The number of nitrogens with one attached hydrogen (secondary N) is 1. The maximum atomic E-state index is 12.3. The lowest BCUT2D eigenvalue weighted by Crippen LogP contribution is -2.23. The molecule has 0 saturated heterocycles. The summed E-state index contributed by atoms with van der Waals surface area (Å²) in [5, 5.41) is 5.35. The highest BCUT2D eigenvalue weighted by Crippen LogP contribution is 2.28. The maximum absolute atomic E-state index is 12.3. The Morgan fingerprint density at radius 2 is 1.89 bits per heavy atom. The van der Waals surface area contributed by atoms with Crippen LogP contribution in [0.2, 0.25) is 0 Å². The molecule has 0 saturated carbocycles. The smallest absolute Gasteiger partial charge is 0.220 e.